The van der Waals surface area contributed by atoms with E-state index in [2.05, 4.69) is 19.6 Å². The normalized spacial score (nSPS) is 18.4. The number of rotatable bonds is 7. The number of Topliss-reactive ketones (excluding diaryl/α,β-unsaturated/α-hetero) is 1. The van der Waals surface area contributed by atoms with Gasteiger partial charge < -0.3 is 18.3 Å². The van der Waals surface area contributed by atoms with Crippen molar-refractivity contribution < 1.29 is 27.9 Å². The fourth-order valence-corrected chi connectivity index (χ4v) is 5.07. The molecule has 172 valence electrons. The second-order valence-corrected chi connectivity index (χ2v) is 18.7. The van der Waals surface area contributed by atoms with Gasteiger partial charge in [0.25, 0.3) is 0 Å². The van der Waals surface area contributed by atoms with Crippen molar-refractivity contribution in [2.75, 3.05) is 0 Å². The van der Waals surface area contributed by atoms with E-state index >= 15 is 0 Å². The first-order valence-electron chi connectivity index (χ1n) is 10.9. The topological polar surface area (TPSA) is 71.1 Å². The summed E-state index contributed by atoms with van der Waals surface area (Å²) in [5.41, 5.74) is 1.06. The highest BCUT2D eigenvalue weighted by atomic mass is 28.4. The average molecular weight is 473 g/mol. The van der Waals surface area contributed by atoms with E-state index < -0.39 is 34.8 Å². The molecule has 0 N–H and O–H groups in total. The molecule has 0 fully saturated rings. The molecular weight excluding hydrogens is 440 g/mol. The quantitative estimate of drug-likeness (QED) is 0.377. The smallest absolute Gasteiger partial charge is 0.306 e. The summed E-state index contributed by atoms with van der Waals surface area (Å²) < 4.78 is 24.4. The Bertz CT molecular complexity index is 992. The Morgan fingerprint density at radius 3 is 2.16 bits per heavy atom. The first-order chi connectivity index (χ1) is 14.9. The molecule has 3 rings (SSSR count). The molecule has 0 saturated heterocycles. The largest absolute Gasteiger partial charge is 0.544 e. The number of fused-ring (bicyclic) bond motifs is 1. The molecule has 0 amide bonds. The zero-order valence-corrected chi connectivity index (χ0v) is 21.9. The van der Waals surface area contributed by atoms with Crippen LogP contribution in [0.2, 0.25) is 39.3 Å². The number of ketones is 1. The van der Waals surface area contributed by atoms with Gasteiger partial charge in [-0.25, -0.2) is 0 Å². The van der Waals surface area contributed by atoms with Gasteiger partial charge in [-0.15, -0.1) is 0 Å². The van der Waals surface area contributed by atoms with Crippen molar-refractivity contribution in [3.8, 4) is 17.2 Å². The summed E-state index contributed by atoms with van der Waals surface area (Å²) in [6.45, 7) is 14.1. The minimum Gasteiger partial charge on any atom is -0.544 e. The third kappa shape index (κ3) is 5.80. The minimum absolute atomic E-state index is 0.166. The van der Waals surface area contributed by atoms with E-state index in [9.17, 15) is 9.59 Å². The van der Waals surface area contributed by atoms with E-state index in [1.165, 1.54) is 0 Å². The maximum absolute atomic E-state index is 13.7. The Hall–Kier alpha value is -2.59. The van der Waals surface area contributed by atoms with E-state index in [4.69, 9.17) is 18.3 Å². The van der Waals surface area contributed by atoms with Gasteiger partial charge in [-0.2, -0.15) is 0 Å². The summed E-state index contributed by atoms with van der Waals surface area (Å²) in [6.07, 6.45) is -1.68. The maximum Gasteiger partial charge on any atom is 0.306 e. The molecule has 2 aromatic rings. The molecular formula is C24H32O6Si2. The van der Waals surface area contributed by atoms with E-state index in [1.54, 1.807) is 19.1 Å². The second-order valence-electron chi connectivity index (χ2n) is 9.80. The standard InChI is InChI=1S/C24H32O6Si2/c1-8-20(25)28-24-22(26)21-18(27-23(24)16-12-10-9-11-13-16)14-17(29-31(2,3)4)15-19(21)30-32(5,6)7/h9-15,23-24H,8H2,1-7H3/t23-,24+/m1/s1. The fourth-order valence-electron chi connectivity index (χ4n) is 3.43. The summed E-state index contributed by atoms with van der Waals surface area (Å²) in [5.74, 6) is 0.637. The lowest BCUT2D eigenvalue weighted by Gasteiger charge is -2.34. The van der Waals surface area contributed by atoms with Crippen LogP contribution in [0.4, 0.5) is 0 Å². The Labute approximate surface area is 192 Å². The number of hydrogen-bond donors (Lipinski definition) is 0. The van der Waals surface area contributed by atoms with Crippen molar-refractivity contribution in [2.45, 2.75) is 64.8 Å². The Kier molecular flexibility index (Phi) is 6.85. The highest BCUT2D eigenvalue weighted by Gasteiger charge is 2.43. The number of carbonyl (C=O) groups excluding carboxylic acids is 2. The molecule has 0 saturated carbocycles. The lowest BCUT2D eigenvalue weighted by atomic mass is 9.92. The van der Waals surface area contributed by atoms with Crippen LogP contribution in [0.25, 0.3) is 0 Å². The molecule has 8 heteroatoms. The van der Waals surface area contributed by atoms with E-state index in [1.807, 2.05) is 50.0 Å². The van der Waals surface area contributed by atoms with Gasteiger partial charge in [-0.05, 0) is 44.8 Å². The SMILES string of the molecule is CCC(=O)O[C@H]1C(=O)c2c(cc(O[Si](C)(C)C)cc2O[Si](C)(C)C)O[C@@H]1c1ccccc1. The summed E-state index contributed by atoms with van der Waals surface area (Å²) in [6, 6.07) is 12.8. The lowest BCUT2D eigenvalue weighted by Crippen LogP contribution is -2.41. The van der Waals surface area contributed by atoms with Gasteiger partial charge in [-0.3, -0.25) is 9.59 Å². The van der Waals surface area contributed by atoms with Gasteiger partial charge in [-0.1, -0.05) is 37.3 Å². The van der Waals surface area contributed by atoms with Gasteiger partial charge in [0.05, 0.1) is 0 Å². The Morgan fingerprint density at radius 1 is 0.969 bits per heavy atom. The third-order valence-corrected chi connectivity index (χ3v) is 6.27. The summed E-state index contributed by atoms with van der Waals surface area (Å²) in [4.78, 5) is 25.9. The highest BCUT2D eigenvalue weighted by Crippen LogP contribution is 2.44. The summed E-state index contributed by atoms with van der Waals surface area (Å²) in [5, 5.41) is 0. The predicted molar refractivity (Wildman–Crippen MR) is 129 cm³/mol. The summed E-state index contributed by atoms with van der Waals surface area (Å²) in [7, 11) is -3.99. The molecule has 1 aliphatic heterocycles. The molecule has 1 aliphatic rings. The Morgan fingerprint density at radius 2 is 1.59 bits per heavy atom. The molecule has 0 unspecified atom stereocenters. The maximum atomic E-state index is 13.7. The third-order valence-electron chi connectivity index (χ3n) is 4.59. The number of ether oxygens (including phenoxy) is 2. The first-order valence-corrected chi connectivity index (χ1v) is 17.7. The zero-order valence-electron chi connectivity index (χ0n) is 19.9. The van der Waals surface area contributed by atoms with Crippen molar-refractivity contribution in [3.63, 3.8) is 0 Å². The number of esters is 1. The number of benzene rings is 2. The van der Waals surface area contributed by atoms with Crippen LogP contribution in [0.15, 0.2) is 42.5 Å². The van der Waals surface area contributed by atoms with Crippen molar-refractivity contribution in [3.05, 3.63) is 53.6 Å². The van der Waals surface area contributed by atoms with Crippen LogP contribution in [-0.4, -0.2) is 34.5 Å². The van der Waals surface area contributed by atoms with Crippen molar-refractivity contribution in [2.24, 2.45) is 0 Å². The first kappa shape index (κ1) is 24.1. The Balaban J connectivity index is 2.15. The fraction of sp³-hybridized carbons (Fsp3) is 0.417. The highest BCUT2D eigenvalue weighted by molar-refractivity contribution is 6.71. The average Bonchev–Trinajstić information content (AvgIpc) is 2.67. The molecule has 0 spiro atoms. The van der Waals surface area contributed by atoms with E-state index in [0.29, 0.717) is 22.8 Å². The van der Waals surface area contributed by atoms with Crippen molar-refractivity contribution in [1.29, 1.82) is 0 Å². The molecule has 0 bridgehead atoms. The molecule has 0 aliphatic carbocycles. The molecule has 6 nitrogen and oxygen atoms in total. The molecule has 0 radical (unpaired) electrons. The van der Waals surface area contributed by atoms with Crippen LogP contribution in [0.5, 0.6) is 17.2 Å². The summed E-state index contributed by atoms with van der Waals surface area (Å²) >= 11 is 0. The van der Waals surface area contributed by atoms with Crippen molar-refractivity contribution >= 4 is 28.4 Å². The van der Waals surface area contributed by atoms with Crippen LogP contribution >= 0.6 is 0 Å². The van der Waals surface area contributed by atoms with Crippen LogP contribution in [-0.2, 0) is 9.53 Å². The molecule has 32 heavy (non-hydrogen) atoms. The van der Waals surface area contributed by atoms with Gasteiger partial charge in [0.2, 0.25) is 28.5 Å². The predicted octanol–water partition coefficient (Wildman–Crippen LogP) is 5.75. The molecule has 1 heterocycles. The number of carbonyl (C=O) groups is 2. The van der Waals surface area contributed by atoms with Crippen LogP contribution in [0.1, 0.15) is 35.4 Å². The van der Waals surface area contributed by atoms with Gasteiger partial charge >= 0.3 is 5.97 Å². The van der Waals surface area contributed by atoms with Crippen LogP contribution < -0.4 is 13.6 Å². The molecule has 0 aromatic heterocycles. The van der Waals surface area contributed by atoms with Crippen LogP contribution in [0.3, 0.4) is 0 Å². The zero-order chi connectivity index (χ0) is 23.7. The molecule has 2 atom stereocenters. The van der Waals surface area contributed by atoms with Crippen molar-refractivity contribution in [1.82, 2.24) is 0 Å². The number of hydrogen-bond acceptors (Lipinski definition) is 6. The van der Waals surface area contributed by atoms with Crippen LogP contribution in [0, 0.1) is 0 Å². The molecule has 2 aromatic carbocycles. The monoisotopic (exact) mass is 472 g/mol. The van der Waals surface area contributed by atoms with E-state index in [0.717, 1.165) is 5.56 Å². The van der Waals surface area contributed by atoms with Gasteiger partial charge in [0.1, 0.15) is 22.8 Å². The van der Waals surface area contributed by atoms with Gasteiger partial charge in [0, 0.05) is 18.6 Å². The minimum atomic E-state index is -2.07. The second kappa shape index (κ2) is 9.11. The lowest BCUT2D eigenvalue weighted by molar-refractivity contribution is -0.151. The van der Waals surface area contributed by atoms with E-state index in [-0.39, 0.29) is 12.2 Å². The van der Waals surface area contributed by atoms with Gasteiger partial charge in [0.15, 0.2) is 6.10 Å².